The maximum absolute atomic E-state index is 12.7. The van der Waals surface area contributed by atoms with Gasteiger partial charge in [0.25, 0.3) is 0 Å². The molecule has 2 aliphatic carbocycles. The Bertz CT molecular complexity index is 699. The number of rotatable bonds is 1. The summed E-state index contributed by atoms with van der Waals surface area (Å²) in [6.45, 7) is 1.71. The smallest absolute Gasteiger partial charge is 0.340 e. The van der Waals surface area contributed by atoms with Crippen LogP contribution in [0.1, 0.15) is 6.92 Å². The van der Waals surface area contributed by atoms with Crippen molar-refractivity contribution < 1.29 is 14.3 Å². The summed E-state index contributed by atoms with van der Waals surface area (Å²) in [6, 6.07) is 0. The SMILES string of the molecule is COC(=O)C1=C2C(=O)C3C=CC=CC3=CC=C2N=C1C. The molecule has 0 N–H and O–H groups in total. The van der Waals surface area contributed by atoms with Crippen LogP contribution in [0, 0.1) is 5.92 Å². The first-order valence-electron chi connectivity index (χ1n) is 6.33. The van der Waals surface area contributed by atoms with Crippen molar-refractivity contribution in [1.82, 2.24) is 0 Å². The molecule has 0 aromatic carbocycles. The molecular weight excluding hydrogens is 254 g/mol. The molecule has 20 heavy (non-hydrogen) atoms. The van der Waals surface area contributed by atoms with Gasteiger partial charge in [0, 0.05) is 0 Å². The van der Waals surface area contributed by atoms with E-state index in [0.29, 0.717) is 17.0 Å². The van der Waals surface area contributed by atoms with Crippen molar-refractivity contribution in [3.63, 3.8) is 0 Å². The zero-order valence-electron chi connectivity index (χ0n) is 11.2. The second-order valence-electron chi connectivity index (χ2n) is 4.74. The molecular formula is C16H13NO3. The van der Waals surface area contributed by atoms with Gasteiger partial charge >= 0.3 is 5.97 Å². The van der Waals surface area contributed by atoms with E-state index in [0.717, 1.165) is 5.57 Å². The summed E-state index contributed by atoms with van der Waals surface area (Å²) in [5.74, 6) is -0.983. The molecule has 3 rings (SSSR count). The molecule has 0 bridgehead atoms. The summed E-state index contributed by atoms with van der Waals surface area (Å²) >= 11 is 0. The molecule has 0 aromatic rings. The highest BCUT2D eigenvalue weighted by atomic mass is 16.5. The lowest BCUT2D eigenvalue weighted by Crippen LogP contribution is -2.21. The van der Waals surface area contributed by atoms with Crippen molar-refractivity contribution >= 4 is 17.5 Å². The molecule has 0 fully saturated rings. The number of aliphatic imine (C=N–C) groups is 1. The van der Waals surface area contributed by atoms with Gasteiger partial charge in [0.15, 0.2) is 5.78 Å². The van der Waals surface area contributed by atoms with Crippen molar-refractivity contribution in [3.8, 4) is 0 Å². The highest BCUT2D eigenvalue weighted by Gasteiger charge is 2.36. The minimum atomic E-state index is -0.517. The van der Waals surface area contributed by atoms with Crippen LogP contribution in [0.2, 0.25) is 0 Å². The maximum atomic E-state index is 12.7. The van der Waals surface area contributed by atoms with Gasteiger partial charge in [0.1, 0.15) is 0 Å². The van der Waals surface area contributed by atoms with E-state index in [9.17, 15) is 9.59 Å². The largest absolute Gasteiger partial charge is 0.465 e. The number of Topliss-reactive ketones (excluding diaryl/α,β-unsaturated/α-hetero) is 1. The Labute approximate surface area is 116 Å². The van der Waals surface area contributed by atoms with Gasteiger partial charge in [-0.1, -0.05) is 30.4 Å². The van der Waals surface area contributed by atoms with E-state index in [1.54, 1.807) is 13.0 Å². The number of fused-ring (bicyclic) bond motifs is 2. The first-order chi connectivity index (χ1) is 9.63. The van der Waals surface area contributed by atoms with Crippen molar-refractivity contribution in [2.45, 2.75) is 6.92 Å². The number of carbonyl (C=O) groups is 2. The van der Waals surface area contributed by atoms with Gasteiger partial charge in [-0.05, 0) is 18.6 Å². The van der Waals surface area contributed by atoms with E-state index in [-0.39, 0.29) is 17.3 Å². The van der Waals surface area contributed by atoms with E-state index in [1.165, 1.54) is 7.11 Å². The molecule has 3 aliphatic rings. The van der Waals surface area contributed by atoms with E-state index in [2.05, 4.69) is 4.99 Å². The highest BCUT2D eigenvalue weighted by molar-refractivity contribution is 6.28. The van der Waals surface area contributed by atoms with E-state index in [4.69, 9.17) is 4.74 Å². The fourth-order valence-corrected chi connectivity index (χ4v) is 2.61. The van der Waals surface area contributed by atoms with Crippen LogP contribution in [0.25, 0.3) is 0 Å². The summed E-state index contributed by atoms with van der Waals surface area (Å²) in [5.41, 5.74) is 2.62. The third kappa shape index (κ3) is 1.72. The number of ketones is 1. The lowest BCUT2D eigenvalue weighted by Gasteiger charge is -2.15. The molecule has 0 amide bonds. The topological polar surface area (TPSA) is 55.7 Å². The molecule has 0 radical (unpaired) electrons. The van der Waals surface area contributed by atoms with Gasteiger partial charge in [0.2, 0.25) is 0 Å². The number of allylic oxidation sites excluding steroid dienone is 8. The minimum absolute atomic E-state index is 0.110. The number of methoxy groups -OCH3 is 1. The summed E-state index contributed by atoms with van der Waals surface area (Å²) in [4.78, 5) is 29.0. The Hall–Kier alpha value is -2.49. The average molecular weight is 267 g/mol. The van der Waals surface area contributed by atoms with Crippen molar-refractivity contribution in [2.75, 3.05) is 7.11 Å². The quantitative estimate of drug-likeness (QED) is 0.683. The number of hydrogen-bond acceptors (Lipinski definition) is 4. The van der Waals surface area contributed by atoms with E-state index < -0.39 is 5.97 Å². The van der Waals surface area contributed by atoms with Gasteiger partial charge in [-0.3, -0.25) is 9.79 Å². The summed E-state index contributed by atoms with van der Waals surface area (Å²) in [5, 5.41) is 0. The van der Waals surface area contributed by atoms with Gasteiger partial charge in [-0.15, -0.1) is 0 Å². The second kappa shape index (κ2) is 4.56. The summed E-state index contributed by atoms with van der Waals surface area (Å²) < 4.78 is 4.77. The monoisotopic (exact) mass is 267 g/mol. The molecule has 0 saturated heterocycles. The number of carbonyl (C=O) groups excluding carboxylic acids is 2. The molecule has 1 aliphatic heterocycles. The molecule has 1 atom stereocenters. The normalized spacial score (nSPS) is 23.6. The molecule has 4 nitrogen and oxygen atoms in total. The summed E-state index contributed by atoms with van der Waals surface area (Å²) in [6.07, 6.45) is 11.1. The number of ether oxygens (including phenoxy) is 1. The Morgan fingerprint density at radius 2 is 2.10 bits per heavy atom. The van der Waals surface area contributed by atoms with Crippen LogP contribution in [-0.2, 0) is 14.3 Å². The lowest BCUT2D eigenvalue weighted by atomic mass is 9.86. The van der Waals surface area contributed by atoms with Crippen LogP contribution in [0.3, 0.4) is 0 Å². The molecule has 100 valence electrons. The lowest BCUT2D eigenvalue weighted by molar-refractivity contribution is -0.135. The third-order valence-corrected chi connectivity index (χ3v) is 3.57. The number of nitrogens with zero attached hydrogens (tertiary/aromatic N) is 1. The van der Waals surface area contributed by atoms with Crippen molar-refractivity contribution in [2.24, 2.45) is 10.9 Å². The Morgan fingerprint density at radius 3 is 2.85 bits per heavy atom. The highest BCUT2D eigenvalue weighted by Crippen LogP contribution is 2.35. The third-order valence-electron chi connectivity index (χ3n) is 3.57. The van der Waals surface area contributed by atoms with Gasteiger partial charge in [0.05, 0.1) is 35.6 Å². The molecule has 0 saturated carbocycles. The van der Waals surface area contributed by atoms with Crippen LogP contribution in [0.5, 0.6) is 0 Å². The predicted octanol–water partition coefficient (Wildman–Crippen LogP) is 2.07. The van der Waals surface area contributed by atoms with Crippen LogP contribution in [-0.4, -0.2) is 24.6 Å². The molecule has 0 aromatic heterocycles. The van der Waals surface area contributed by atoms with Gasteiger partial charge in [-0.2, -0.15) is 0 Å². The fraction of sp³-hybridized carbons (Fsp3) is 0.188. The van der Waals surface area contributed by atoms with Crippen LogP contribution >= 0.6 is 0 Å². The standard InChI is InChI=1S/C16H13NO3/c1-9-13(16(19)20-2)14-12(17-9)8-7-10-5-3-4-6-11(10)15(14)18/h3-8,11H,1-2H3. The second-order valence-corrected chi connectivity index (χ2v) is 4.74. The Kier molecular flexibility index (Phi) is 2.86. The van der Waals surface area contributed by atoms with Crippen molar-refractivity contribution in [3.05, 3.63) is 58.9 Å². The van der Waals surface area contributed by atoms with E-state index in [1.807, 2.05) is 30.4 Å². The number of hydrogen-bond donors (Lipinski definition) is 0. The zero-order chi connectivity index (χ0) is 14.3. The van der Waals surface area contributed by atoms with Gasteiger partial charge < -0.3 is 4.74 Å². The Balaban J connectivity index is 2.18. The molecule has 0 spiro atoms. The van der Waals surface area contributed by atoms with Crippen LogP contribution in [0.4, 0.5) is 0 Å². The van der Waals surface area contributed by atoms with Crippen LogP contribution < -0.4 is 0 Å². The van der Waals surface area contributed by atoms with Gasteiger partial charge in [-0.25, -0.2) is 4.79 Å². The van der Waals surface area contributed by atoms with Crippen LogP contribution in [0.15, 0.2) is 63.9 Å². The number of esters is 1. The average Bonchev–Trinajstić information content (AvgIpc) is 2.73. The molecule has 1 heterocycles. The molecule has 1 unspecified atom stereocenters. The zero-order valence-corrected chi connectivity index (χ0v) is 11.2. The van der Waals surface area contributed by atoms with Crippen molar-refractivity contribution in [1.29, 1.82) is 0 Å². The predicted molar refractivity (Wildman–Crippen MR) is 75.1 cm³/mol. The summed E-state index contributed by atoms with van der Waals surface area (Å²) in [7, 11) is 1.30. The first kappa shape index (κ1) is 12.5. The maximum Gasteiger partial charge on any atom is 0.340 e. The first-order valence-corrected chi connectivity index (χ1v) is 6.33. The van der Waals surface area contributed by atoms with E-state index >= 15 is 0 Å². The fourth-order valence-electron chi connectivity index (χ4n) is 2.61. The minimum Gasteiger partial charge on any atom is -0.465 e. The molecule has 4 heteroatoms. The Morgan fingerprint density at radius 1 is 1.30 bits per heavy atom.